The van der Waals surface area contributed by atoms with Gasteiger partial charge in [0.1, 0.15) is 5.75 Å². The smallest absolute Gasteiger partial charge is 0.180 e. The number of ether oxygens (including phenoxy) is 1. The van der Waals surface area contributed by atoms with Crippen LogP contribution in [0.5, 0.6) is 5.75 Å². The molecule has 1 aliphatic carbocycles. The van der Waals surface area contributed by atoms with Crippen LogP contribution in [0.1, 0.15) is 47.2 Å². The van der Waals surface area contributed by atoms with Gasteiger partial charge in [-0.3, -0.25) is 4.79 Å². The van der Waals surface area contributed by atoms with Gasteiger partial charge in [0.25, 0.3) is 0 Å². The average molecular weight is 261 g/mol. The summed E-state index contributed by atoms with van der Waals surface area (Å²) in [6.07, 6.45) is 4.94. The van der Waals surface area contributed by atoms with Gasteiger partial charge in [-0.15, -0.1) is 0 Å². The van der Waals surface area contributed by atoms with Crippen molar-refractivity contribution in [1.29, 1.82) is 0 Å². The summed E-state index contributed by atoms with van der Waals surface area (Å²) < 4.78 is 5.40. The highest BCUT2D eigenvalue weighted by Crippen LogP contribution is 2.26. The molecule has 0 atom stereocenters. The van der Waals surface area contributed by atoms with Crippen molar-refractivity contribution in [1.82, 2.24) is 5.32 Å². The Morgan fingerprint density at radius 2 is 2.00 bits per heavy atom. The Morgan fingerprint density at radius 1 is 1.32 bits per heavy atom. The van der Waals surface area contributed by atoms with E-state index in [0.29, 0.717) is 18.2 Å². The second-order valence-corrected chi connectivity index (χ2v) is 5.37. The zero-order valence-corrected chi connectivity index (χ0v) is 12.1. The summed E-state index contributed by atoms with van der Waals surface area (Å²) in [5, 5.41) is 3.36. The van der Waals surface area contributed by atoms with Crippen LogP contribution in [0.25, 0.3) is 0 Å². The highest BCUT2D eigenvalue weighted by atomic mass is 16.5. The predicted octanol–water partition coefficient (Wildman–Crippen LogP) is 3.03. The minimum Gasteiger partial charge on any atom is -0.496 e. The standard InChI is InChI=1S/C16H23NO2/c1-11-8-9-14(16(19-3)12(11)2)15(18)10-17-13-6-4-5-7-13/h8-9,13,17H,4-7,10H2,1-3H3. The molecule has 0 aromatic heterocycles. The van der Waals surface area contributed by atoms with Crippen LogP contribution < -0.4 is 10.1 Å². The molecule has 1 saturated carbocycles. The lowest BCUT2D eigenvalue weighted by atomic mass is 10.0. The molecule has 0 radical (unpaired) electrons. The van der Waals surface area contributed by atoms with E-state index in [9.17, 15) is 4.79 Å². The molecule has 3 nitrogen and oxygen atoms in total. The molecule has 1 aliphatic rings. The van der Waals surface area contributed by atoms with Crippen molar-refractivity contribution in [3.8, 4) is 5.75 Å². The number of carbonyl (C=O) groups is 1. The maximum atomic E-state index is 12.3. The summed E-state index contributed by atoms with van der Waals surface area (Å²) in [5.74, 6) is 0.838. The molecule has 0 spiro atoms. The van der Waals surface area contributed by atoms with Crippen LogP contribution in [0.2, 0.25) is 0 Å². The minimum atomic E-state index is 0.117. The number of benzene rings is 1. The third kappa shape index (κ3) is 3.16. The maximum Gasteiger partial charge on any atom is 0.180 e. The van der Waals surface area contributed by atoms with Gasteiger partial charge in [-0.2, -0.15) is 0 Å². The van der Waals surface area contributed by atoms with Crippen molar-refractivity contribution in [3.63, 3.8) is 0 Å². The molecule has 2 rings (SSSR count). The molecular weight excluding hydrogens is 238 g/mol. The third-order valence-corrected chi connectivity index (χ3v) is 4.09. The molecule has 0 unspecified atom stereocenters. The van der Waals surface area contributed by atoms with Crippen LogP contribution >= 0.6 is 0 Å². The fraction of sp³-hybridized carbons (Fsp3) is 0.562. The molecule has 0 amide bonds. The van der Waals surface area contributed by atoms with Gasteiger partial charge in [-0.1, -0.05) is 18.9 Å². The molecule has 0 saturated heterocycles. The first-order valence-corrected chi connectivity index (χ1v) is 7.04. The van der Waals surface area contributed by atoms with Gasteiger partial charge >= 0.3 is 0 Å². The summed E-state index contributed by atoms with van der Waals surface area (Å²) in [6, 6.07) is 4.38. The molecular formula is C16H23NO2. The van der Waals surface area contributed by atoms with E-state index in [1.165, 1.54) is 25.7 Å². The minimum absolute atomic E-state index is 0.117. The topological polar surface area (TPSA) is 38.3 Å². The Bertz CT molecular complexity index is 462. The van der Waals surface area contributed by atoms with Crippen LogP contribution in [0.4, 0.5) is 0 Å². The first-order valence-electron chi connectivity index (χ1n) is 7.04. The van der Waals surface area contributed by atoms with E-state index in [0.717, 1.165) is 16.9 Å². The number of aryl methyl sites for hydroxylation is 1. The van der Waals surface area contributed by atoms with Crippen LogP contribution in [-0.4, -0.2) is 25.5 Å². The van der Waals surface area contributed by atoms with E-state index in [1.807, 2.05) is 26.0 Å². The maximum absolute atomic E-state index is 12.3. The number of hydrogen-bond donors (Lipinski definition) is 1. The van der Waals surface area contributed by atoms with Crippen molar-refractivity contribution in [2.24, 2.45) is 0 Å². The summed E-state index contributed by atoms with van der Waals surface area (Å²) in [5.41, 5.74) is 2.89. The monoisotopic (exact) mass is 261 g/mol. The molecule has 19 heavy (non-hydrogen) atoms. The Morgan fingerprint density at radius 3 is 2.63 bits per heavy atom. The second-order valence-electron chi connectivity index (χ2n) is 5.37. The van der Waals surface area contributed by atoms with E-state index in [-0.39, 0.29) is 5.78 Å². The fourth-order valence-electron chi connectivity index (χ4n) is 2.73. The van der Waals surface area contributed by atoms with Crippen molar-refractivity contribution in [3.05, 3.63) is 28.8 Å². The highest BCUT2D eigenvalue weighted by molar-refractivity contribution is 6.00. The van der Waals surface area contributed by atoms with E-state index in [4.69, 9.17) is 4.74 Å². The molecule has 0 aliphatic heterocycles. The molecule has 1 N–H and O–H groups in total. The second kappa shape index (κ2) is 6.20. The molecule has 1 aromatic carbocycles. The predicted molar refractivity (Wildman–Crippen MR) is 77.1 cm³/mol. The van der Waals surface area contributed by atoms with Crippen LogP contribution in [0.15, 0.2) is 12.1 Å². The Hall–Kier alpha value is -1.35. The van der Waals surface area contributed by atoms with Crippen molar-refractivity contribution in [2.45, 2.75) is 45.6 Å². The normalized spacial score (nSPS) is 15.7. The summed E-state index contributed by atoms with van der Waals surface area (Å²) in [7, 11) is 1.63. The van der Waals surface area contributed by atoms with Gasteiger partial charge in [-0.25, -0.2) is 0 Å². The van der Waals surface area contributed by atoms with Crippen LogP contribution in [0, 0.1) is 13.8 Å². The SMILES string of the molecule is COc1c(C(=O)CNC2CCCC2)ccc(C)c1C. The van der Waals surface area contributed by atoms with Crippen LogP contribution in [-0.2, 0) is 0 Å². The summed E-state index contributed by atoms with van der Waals surface area (Å²) >= 11 is 0. The zero-order chi connectivity index (χ0) is 13.8. The molecule has 0 heterocycles. The first kappa shape index (κ1) is 14.1. The Balaban J connectivity index is 2.07. The largest absolute Gasteiger partial charge is 0.496 e. The Kier molecular flexibility index (Phi) is 4.59. The lowest BCUT2D eigenvalue weighted by Crippen LogP contribution is -2.31. The van der Waals surface area contributed by atoms with E-state index >= 15 is 0 Å². The highest BCUT2D eigenvalue weighted by Gasteiger charge is 2.18. The molecule has 104 valence electrons. The molecule has 3 heteroatoms. The van der Waals surface area contributed by atoms with Crippen molar-refractivity contribution in [2.75, 3.05) is 13.7 Å². The van der Waals surface area contributed by atoms with Gasteiger partial charge in [0.2, 0.25) is 0 Å². The summed E-state index contributed by atoms with van der Waals surface area (Å²) in [4.78, 5) is 12.3. The number of rotatable bonds is 5. The van der Waals surface area contributed by atoms with Crippen molar-refractivity contribution < 1.29 is 9.53 Å². The van der Waals surface area contributed by atoms with Gasteiger partial charge in [0.15, 0.2) is 5.78 Å². The fourth-order valence-corrected chi connectivity index (χ4v) is 2.73. The number of ketones is 1. The quantitative estimate of drug-likeness (QED) is 0.828. The van der Waals surface area contributed by atoms with Crippen molar-refractivity contribution >= 4 is 5.78 Å². The van der Waals surface area contributed by atoms with Gasteiger partial charge in [-0.05, 0) is 43.9 Å². The zero-order valence-electron chi connectivity index (χ0n) is 12.1. The number of carbonyl (C=O) groups excluding carboxylic acids is 1. The lowest BCUT2D eigenvalue weighted by Gasteiger charge is -2.15. The van der Waals surface area contributed by atoms with Gasteiger partial charge in [0.05, 0.1) is 19.2 Å². The van der Waals surface area contributed by atoms with E-state index in [1.54, 1.807) is 7.11 Å². The molecule has 0 bridgehead atoms. The number of Topliss-reactive ketones (excluding diaryl/α,β-unsaturated/α-hetero) is 1. The lowest BCUT2D eigenvalue weighted by molar-refractivity contribution is 0.0984. The third-order valence-electron chi connectivity index (χ3n) is 4.09. The average Bonchev–Trinajstić information content (AvgIpc) is 2.92. The van der Waals surface area contributed by atoms with Crippen LogP contribution in [0.3, 0.4) is 0 Å². The molecule has 1 aromatic rings. The number of hydrogen-bond acceptors (Lipinski definition) is 3. The number of methoxy groups -OCH3 is 1. The molecule has 1 fully saturated rings. The van der Waals surface area contributed by atoms with E-state index in [2.05, 4.69) is 5.32 Å². The first-order chi connectivity index (χ1) is 9.13. The Labute approximate surface area is 115 Å². The van der Waals surface area contributed by atoms with Gasteiger partial charge < -0.3 is 10.1 Å². The van der Waals surface area contributed by atoms with Gasteiger partial charge in [0, 0.05) is 6.04 Å². The number of nitrogens with one attached hydrogen (secondary N) is 1. The van der Waals surface area contributed by atoms with E-state index < -0.39 is 0 Å². The summed E-state index contributed by atoms with van der Waals surface area (Å²) in [6.45, 7) is 4.43.